The Morgan fingerprint density at radius 3 is 2.73 bits per heavy atom. The van der Waals surface area contributed by atoms with E-state index in [4.69, 9.17) is 9.68 Å². The van der Waals surface area contributed by atoms with Gasteiger partial charge in [0.15, 0.2) is 5.58 Å². The van der Waals surface area contributed by atoms with Gasteiger partial charge in [-0.15, -0.1) is 11.3 Å². The summed E-state index contributed by atoms with van der Waals surface area (Å²) in [6.45, 7) is 1.02. The van der Waals surface area contributed by atoms with E-state index in [0.29, 0.717) is 11.8 Å². The van der Waals surface area contributed by atoms with Crippen molar-refractivity contribution in [3.63, 3.8) is 0 Å². The van der Waals surface area contributed by atoms with Gasteiger partial charge < -0.3 is 9.84 Å². The lowest BCUT2D eigenvalue weighted by atomic mass is 9.66. The third-order valence-electron chi connectivity index (χ3n) is 7.24. The highest BCUT2D eigenvalue weighted by Gasteiger charge is 2.52. The van der Waals surface area contributed by atoms with Crippen LogP contribution in [0.25, 0.3) is 10.3 Å². The molecular formula is C26H26N2OS. The molecule has 1 aliphatic heterocycles. The molecule has 3 atom stereocenters. The molecule has 3 unspecified atom stereocenters. The number of hydrogen-bond acceptors (Lipinski definition) is 4. The summed E-state index contributed by atoms with van der Waals surface area (Å²) < 4.78 is 7.06. The monoisotopic (exact) mass is 414 g/mol. The predicted molar refractivity (Wildman–Crippen MR) is 122 cm³/mol. The van der Waals surface area contributed by atoms with Crippen LogP contribution < -0.4 is 5.32 Å². The second-order valence-corrected chi connectivity index (χ2v) is 9.61. The molecule has 1 fully saturated rings. The molecule has 30 heavy (non-hydrogen) atoms. The van der Waals surface area contributed by atoms with Crippen molar-refractivity contribution in [3.8, 4) is 0 Å². The summed E-state index contributed by atoms with van der Waals surface area (Å²) in [6.07, 6.45) is 5.88. The molecule has 6 rings (SSSR count). The highest BCUT2D eigenvalue weighted by molar-refractivity contribution is 7.17. The van der Waals surface area contributed by atoms with E-state index in [1.807, 2.05) is 0 Å². The number of thiophene rings is 1. The van der Waals surface area contributed by atoms with Crippen LogP contribution in [0.2, 0.25) is 0 Å². The Balaban J connectivity index is 1.63. The molecule has 2 aliphatic rings. The Labute approximate surface area is 181 Å². The normalized spacial score (nSPS) is 26.5. The van der Waals surface area contributed by atoms with Crippen LogP contribution in [0.1, 0.15) is 59.9 Å². The second-order valence-electron chi connectivity index (χ2n) is 8.69. The number of aryl methyl sites for hydroxylation is 1. The van der Waals surface area contributed by atoms with Crippen molar-refractivity contribution in [2.45, 2.75) is 49.5 Å². The molecule has 0 radical (unpaired) electrons. The zero-order valence-corrected chi connectivity index (χ0v) is 17.8. The van der Waals surface area contributed by atoms with Crippen molar-refractivity contribution in [1.29, 1.82) is 0 Å². The van der Waals surface area contributed by atoms with E-state index < -0.39 is 0 Å². The number of nitrogens with one attached hydrogen (secondary N) is 1. The third-order valence-corrected chi connectivity index (χ3v) is 8.14. The lowest BCUT2D eigenvalue weighted by molar-refractivity contribution is 0.208. The average molecular weight is 415 g/mol. The van der Waals surface area contributed by atoms with E-state index in [2.05, 4.69) is 71.4 Å². The molecule has 0 bridgehead atoms. The zero-order valence-electron chi connectivity index (χ0n) is 17.0. The minimum absolute atomic E-state index is 0.263. The summed E-state index contributed by atoms with van der Waals surface area (Å²) in [5, 5.41) is 11.0. The first kappa shape index (κ1) is 18.3. The third kappa shape index (κ3) is 2.70. The number of rotatable bonds is 3. The second kappa shape index (κ2) is 7.36. The van der Waals surface area contributed by atoms with Crippen molar-refractivity contribution in [3.05, 3.63) is 88.4 Å². The van der Waals surface area contributed by atoms with E-state index in [1.54, 1.807) is 11.3 Å². The van der Waals surface area contributed by atoms with E-state index >= 15 is 0 Å². The first-order valence-electron chi connectivity index (χ1n) is 11.1. The number of nitrogens with zero attached hydrogens (tertiary/aromatic N) is 1. The standard InChI is InChI=1S/C26H26N2OS/c1-2-9-19(10-3-1)21-12-6-7-16-27-26(21,25-24-23(29-28-25)15-17-30-24)22-14-13-18-8-4-5-11-20(18)22/h1-5,8-11,15,17,21-22,27H,6-7,12-14,16H2. The van der Waals surface area contributed by atoms with E-state index in [1.165, 1.54) is 34.2 Å². The van der Waals surface area contributed by atoms with Crippen LogP contribution >= 0.6 is 11.3 Å². The van der Waals surface area contributed by atoms with Gasteiger partial charge in [-0.25, -0.2) is 0 Å². The Hall–Kier alpha value is -2.43. The Bertz CT molecular complexity index is 1160. The van der Waals surface area contributed by atoms with Crippen LogP contribution in [0.3, 0.4) is 0 Å². The minimum Gasteiger partial charge on any atom is -0.355 e. The molecule has 3 heterocycles. The molecule has 2 aromatic heterocycles. The highest BCUT2D eigenvalue weighted by atomic mass is 32.1. The van der Waals surface area contributed by atoms with Gasteiger partial charge in [-0.05, 0) is 60.4 Å². The quantitative estimate of drug-likeness (QED) is 0.423. The summed E-state index contributed by atoms with van der Waals surface area (Å²) in [5.74, 6) is 0.736. The molecule has 0 spiro atoms. The maximum Gasteiger partial charge on any atom is 0.177 e. The van der Waals surface area contributed by atoms with Crippen LogP contribution in [-0.2, 0) is 12.0 Å². The molecule has 4 aromatic rings. The number of aromatic nitrogens is 1. The fourth-order valence-corrected chi connectivity index (χ4v) is 6.85. The molecule has 3 nitrogen and oxygen atoms in total. The van der Waals surface area contributed by atoms with Gasteiger partial charge in [0.05, 0.1) is 10.2 Å². The van der Waals surface area contributed by atoms with Crippen molar-refractivity contribution in [1.82, 2.24) is 10.5 Å². The van der Waals surface area contributed by atoms with Crippen molar-refractivity contribution < 1.29 is 4.52 Å². The van der Waals surface area contributed by atoms with Gasteiger partial charge in [0.25, 0.3) is 0 Å². The van der Waals surface area contributed by atoms with Crippen molar-refractivity contribution in [2.75, 3.05) is 6.54 Å². The fraction of sp³-hybridized carbons (Fsp3) is 0.346. The average Bonchev–Trinajstić information content (AvgIpc) is 3.48. The predicted octanol–water partition coefficient (Wildman–Crippen LogP) is 6.37. The molecule has 2 aromatic carbocycles. The van der Waals surface area contributed by atoms with Crippen LogP contribution in [0, 0.1) is 0 Å². The lowest BCUT2D eigenvalue weighted by Gasteiger charge is -2.44. The van der Waals surface area contributed by atoms with E-state index in [9.17, 15) is 0 Å². The topological polar surface area (TPSA) is 38.1 Å². The summed E-state index contributed by atoms with van der Waals surface area (Å²) in [5.41, 5.74) is 6.15. The molecule has 1 saturated heterocycles. The van der Waals surface area contributed by atoms with E-state index in [0.717, 1.165) is 37.1 Å². The maximum absolute atomic E-state index is 5.86. The fourth-order valence-electron chi connectivity index (χ4n) is 5.99. The number of benzene rings is 2. The number of hydrogen-bond donors (Lipinski definition) is 1. The Kier molecular flexibility index (Phi) is 4.50. The van der Waals surface area contributed by atoms with Gasteiger partial charge in [-0.3, -0.25) is 0 Å². The zero-order chi connectivity index (χ0) is 20.0. The summed E-state index contributed by atoms with van der Waals surface area (Å²) in [6, 6.07) is 22.2. The number of fused-ring (bicyclic) bond motifs is 2. The molecule has 152 valence electrons. The molecule has 4 heteroatoms. The molecular weight excluding hydrogens is 388 g/mol. The van der Waals surface area contributed by atoms with Gasteiger partial charge in [-0.2, -0.15) is 0 Å². The minimum atomic E-state index is -0.263. The maximum atomic E-state index is 5.86. The van der Waals surface area contributed by atoms with E-state index in [-0.39, 0.29) is 5.54 Å². The van der Waals surface area contributed by atoms with Crippen LogP contribution in [-0.4, -0.2) is 11.7 Å². The SMILES string of the molecule is c1ccc(C2CCCCNC2(c2noc3ccsc23)C2CCc3ccccc32)cc1. The highest BCUT2D eigenvalue weighted by Crippen LogP contribution is 2.56. The first-order valence-corrected chi connectivity index (χ1v) is 12.0. The van der Waals surface area contributed by atoms with Crippen molar-refractivity contribution >= 4 is 21.6 Å². The molecule has 1 aliphatic carbocycles. The van der Waals surface area contributed by atoms with Gasteiger partial charge in [-0.1, -0.05) is 66.2 Å². The van der Waals surface area contributed by atoms with Crippen LogP contribution in [0.5, 0.6) is 0 Å². The summed E-state index contributed by atoms with van der Waals surface area (Å²) >= 11 is 1.76. The van der Waals surface area contributed by atoms with Crippen molar-refractivity contribution in [2.24, 2.45) is 0 Å². The van der Waals surface area contributed by atoms with Crippen LogP contribution in [0.15, 0.2) is 70.6 Å². The van der Waals surface area contributed by atoms with Gasteiger partial charge in [0.2, 0.25) is 0 Å². The smallest absolute Gasteiger partial charge is 0.177 e. The Morgan fingerprint density at radius 1 is 0.933 bits per heavy atom. The first-order chi connectivity index (χ1) is 14.9. The summed E-state index contributed by atoms with van der Waals surface area (Å²) in [7, 11) is 0. The lowest BCUT2D eigenvalue weighted by Crippen LogP contribution is -2.51. The molecule has 0 saturated carbocycles. The van der Waals surface area contributed by atoms with Gasteiger partial charge in [0.1, 0.15) is 5.69 Å². The van der Waals surface area contributed by atoms with Gasteiger partial charge in [0, 0.05) is 11.8 Å². The molecule has 0 amide bonds. The Morgan fingerprint density at radius 2 is 1.80 bits per heavy atom. The van der Waals surface area contributed by atoms with Gasteiger partial charge >= 0.3 is 0 Å². The summed E-state index contributed by atoms with van der Waals surface area (Å²) in [4.78, 5) is 0. The largest absolute Gasteiger partial charge is 0.355 e. The molecule has 1 N–H and O–H groups in total. The van der Waals surface area contributed by atoms with Crippen LogP contribution in [0.4, 0.5) is 0 Å².